The molecule has 0 radical (unpaired) electrons. The fourth-order valence-corrected chi connectivity index (χ4v) is 13.9. The fourth-order valence-electron chi connectivity index (χ4n) is 12.4. The fraction of sp³-hybridized carbons (Fsp3) is 0.950. The quantitative estimate of drug-likeness (QED) is 0.0222. The van der Waals surface area contributed by atoms with E-state index >= 15 is 0 Å². The zero-order valence-corrected chi connectivity index (χ0v) is 66.6. The number of phosphoric ester groups is 2. The summed E-state index contributed by atoms with van der Waals surface area (Å²) in [4.78, 5) is 72.9. The summed E-state index contributed by atoms with van der Waals surface area (Å²) in [5.74, 6) is -0.491. The highest BCUT2D eigenvalue weighted by Crippen LogP contribution is 2.45. The number of aliphatic hydroxyl groups excluding tert-OH is 1. The monoisotopic (exact) mass is 1450 g/mol. The van der Waals surface area contributed by atoms with Gasteiger partial charge in [0.05, 0.1) is 26.4 Å². The average molecular weight is 1450 g/mol. The second kappa shape index (κ2) is 71.7. The van der Waals surface area contributed by atoms with Gasteiger partial charge in [0.15, 0.2) is 12.2 Å². The standard InChI is InChI=1S/C80H156O17P2/c1-7-9-11-13-15-17-18-33-40-46-52-58-64-79(84)96-75(68-90-77(82)62-56-50-44-36-16-14-12-10-8-2)70-94-98(86,87)92-66-74(81)67-93-99(88,89)95-71-76(69-91-78(83)63-57-51-45-39-34-29-26-25-28-32-38-43-49-55-61-73(5)6)97-80(85)65-59-53-47-41-35-30-24-22-20-19-21-23-27-31-37-42-48-54-60-72(3)4/h72-76,81H,7-71H2,1-6H3,(H,86,87)(H,88,89)/t74-,75+,76+/m0/s1. The van der Waals surface area contributed by atoms with Crippen LogP contribution in [0.3, 0.4) is 0 Å². The Bertz CT molecular complexity index is 1910. The van der Waals surface area contributed by atoms with Crippen LogP contribution in [-0.2, 0) is 65.4 Å². The van der Waals surface area contributed by atoms with E-state index in [0.717, 1.165) is 102 Å². The first-order valence-corrected chi connectivity index (χ1v) is 44.5. The molecule has 0 saturated carbocycles. The van der Waals surface area contributed by atoms with Crippen LogP contribution in [0.5, 0.6) is 0 Å². The molecule has 0 aliphatic heterocycles. The first-order valence-electron chi connectivity index (χ1n) is 41.5. The van der Waals surface area contributed by atoms with Crippen molar-refractivity contribution in [3.63, 3.8) is 0 Å². The van der Waals surface area contributed by atoms with Gasteiger partial charge in [0.1, 0.15) is 19.3 Å². The normalized spacial score (nSPS) is 13.9. The lowest BCUT2D eigenvalue weighted by Crippen LogP contribution is -2.30. The van der Waals surface area contributed by atoms with Crippen LogP contribution in [-0.4, -0.2) is 96.7 Å². The first kappa shape index (κ1) is 97.1. The molecule has 5 atom stereocenters. The number of aliphatic hydroxyl groups is 1. The molecule has 588 valence electrons. The predicted octanol–water partition coefficient (Wildman–Crippen LogP) is 23.9. The minimum atomic E-state index is -4.96. The maximum absolute atomic E-state index is 13.1. The Balaban J connectivity index is 5.20. The van der Waals surface area contributed by atoms with Crippen LogP contribution < -0.4 is 0 Å². The molecule has 0 fully saturated rings. The number of phosphoric acid groups is 2. The molecule has 0 aromatic heterocycles. The highest BCUT2D eigenvalue weighted by molar-refractivity contribution is 7.47. The van der Waals surface area contributed by atoms with Crippen molar-refractivity contribution in [1.82, 2.24) is 0 Å². The third kappa shape index (κ3) is 74.1. The van der Waals surface area contributed by atoms with Crippen molar-refractivity contribution in [2.75, 3.05) is 39.6 Å². The molecule has 99 heavy (non-hydrogen) atoms. The van der Waals surface area contributed by atoms with E-state index in [2.05, 4.69) is 41.5 Å². The van der Waals surface area contributed by atoms with Gasteiger partial charge < -0.3 is 33.8 Å². The summed E-state index contributed by atoms with van der Waals surface area (Å²) in [5, 5.41) is 10.6. The van der Waals surface area contributed by atoms with E-state index < -0.39 is 97.5 Å². The van der Waals surface area contributed by atoms with Crippen molar-refractivity contribution in [2.45, 2.75) is 439 Å². The lowest BCUT2D eigenvalue weighted by atomic mass is 10.0. The molecule has 19 heteroatoms. The van der Waals surface area contributed by atoms with Gasteiger partial charge in [0, 0.05) is 25.7 Å². The van der Waals surface area contributed by atoms with Gasteiger partial charge in [-0.15, -0.1) is 0 Å². The van der Waals surface area contributed by atoms with E-state index in [1.54, 1.807) is 0 Å². The van der Waals surface area contributed by atoms with Crippen molar-refractivity contribution in [1.29, 1.82) is 0 Å². The topological polar surface area (TPSA) is 237 Å². The molecule has 0 aromatic carbocycles. The van der Waals surface area contributed by atoms with E-state index in [4.69, 9.17) is 37.0 Å². The van der Waals surface area contributed by atoms with Gasteiger partial charge in [-0.1, -0.05) is 369 Å². The zero-order chi connectivity index (χ0) is 72.8. The molecule has 2 unspecified atom stereocenters. The molecule has 0 saturated heterocycles. The number of rotatable bonds is 79. The third-order valence-corrected chi connectivity index (χ3v) is 20.6. The van der Waals surface area contributed by atoms with Crippen LogP contribution in [0.2, 0.25) is 0 Å². The average Bonchev–Trinajstić information content (AvgIpc) is 1.47. The number of unbranched alkanes of at least 4 members (excludes halogenated alkanes) is 49. The molecule has 3 N–H and O–H groups in total. The molecule has 0 heterocycles. The van der Waals surface area contributed by atoms with E-state index in [9.17, 15) is 43.2 Å². The van der Waals surface area contributed by atoms with Crippen LogP contribution in [0.1, 0.15) is 420 Å². The molecule has 0 aliphatic rings. The van der Waals surface area contributed by atoms with Gasteiger partial charge in [-0.3, -0.25) is 37.3 Å². The predicted molar refractivity (Wildman–Crippen MR) is 405 cm³/mol. The van der Waals surface area contributed by atoms with Crippen molar-refractivity contribution < 1.29 is 80.2 Å². The molecule has 0 rings (SSSR count). The number of carbonyl (C=O) groups is 4. The van der Waals surface area contributed by atoms with E-state index in [0.29, 0.717) is 25.7 Å². The van der Waals surface area contributed by atoms with Crippen molar-refractivity contribution in [2.24, 2.45) is 11.8 Å². The van der Waals surface area contributed by atoms with Crippen LogP contribution in [0.15, 0.2) is 0 Å². The number of esters is 4. The molecular formula is C80H156O17P2. The van der Waals surface area contributed by atoms with Crippen molar-refractivity contribution in [3.05, 3.63) is 0 Å². The number of carbonyl (C=O) groups excluding carboxylic acids is 4. The first-order chi connectivity index (χ1) is 47.9. The Morgan fingerprint density at radius 2 is 0.465 bits per heavy atom. The Kier molecular flexibility index (Phi) is 70.3. The van der Waals surface area contributed by atoms with Gasteiger partial charge in [-0.05, 0) is 37.5 Å². The lowest BCUT2D eigenvalue weighted by Gasteiger charge is -2.21. The second-order valence-electron chi connectivity index (χ2n) is 29.8. The van der Waals surface area contributed by atoms with Crippen molar-refractivity contribution in [3.8, 4) is 0 Å². The van der Waals surface area contributed by atoms with E-state index in [1.807, 2.05) is 0 Å². The molecule has 0 aliphatic carbocycles. The van der Waals surface area contributed by atoms with Gasteiger partial charge in [0.2, 0.25) is 0 Å². The summed E-state index contributed by atoms with van der Waals surface area (Å²) >= 11 is 0. The van der Waals surface area contributed by atoms with Crippen molar-refractivity contribution >= 4 is 39.5 Å². The summed E-state index contributed by atoms with van der Waals surface area (Å²) < 4.78 is 68.6. The zero-order valence-electron chi connectivity index (χ0n) is 64.8. The molecule has 0 aromatic rings. The summed E-state index contributed by atoms with van der Waals surface area (Å²) in [5.41, 5.74) is 0. The Morgan fingerprint density at radius 1 is 0.273 bits per heavy atom. The van der Waals surface area contributed by atoms with E-state index in [1.165, 1.54) is 238 Å². The van der Waals surface area contributed by atoms with Crippen LogP contribution in [0.25, 0.3) is 0 Å². The highest BCUT2D eigenvalue weighted by atomic mass is 31.2. The van der Waals surface area contributed by atoms with Crippen LogP contribution in [0, 0.1) is 11.8 Å². The summed E-state index contributed by atoms with van der Waals surface area (Å²) in [6.45, 7) is 9.67. The van der Waals surface area contributed by atoms with Gasteiger partial charge in [-0.25, -0.2) is 9.13 Å². The Hall–Kier alpha value is -1.94. The maximum atomic E-state index is 13.1. The Morgan fingerprint density at radius 3 is 0.687 bits per heavy atom. The number of ether oxygens (including phenoxy) is 4. The number of hydrogen-bond acceptors (Lipinski definition) is 15. The molecule has 17 nitrogen and oxygen atoms in total. The second-order valence-corrected chi connectivity index (χ2v) is 32.7. The van der Waals surface area contributed by atoms with Gasteiger partial charge >= 0.3 is 39.5 Å². The molecule has 0 spiro atoms. The van der Waals surface area contributed by atoms with Gasteiger partial charge in [0.25, 0.3) is 0 Å². The molecule has 0 amide bonds. The largest absolute Gasteiger partial charge is 0.472 e. The smallest absolute Gasteiger partial charge is 0.462 e. The summed E-state index contributed by atoms with van der Waals surface area (Å²) in [6.07, 6.45) is 61.0. The lowest BCUT2D eigenvalue weighted by molar-refractivity contribution is -0.161. The summed E-state index contributed by atoms with van der Waals surface area (Å²) in [7, 11) is -9.91. The number of hydrogen-bond donors (Lipinski definition) is 3. The minimum absolute atomic E-state index is 0.107. The van der Waals surface area contributed by atoms with Crippen LogP contribution >= 0.6 is 15.6 Å². The maximum Gasteiger partial charge on any atom is 0.472 e. The summed E-state index contributed by atoms with van der Waals surface area (Å²) in [6, 6.07) is 0. The Labute approximate surface area is 607 Å². The molecule has 0 bridgehead atoms. The van der Waals surface area contributed by atoms with Crippen LogP contribution in [0.4, 0.5) is 0 Å². The van der Waals surface area contributed by atoms with E-state index in [-0.39, 0.29) is 25.7 Å². The highest BCUT2D eigenvalue weighted by Gasteiger charge is 2.30. The molecular weight excluding hydrogens is 1290 g/mol. The third-order valence-electron chi connectivity index (χ3n) is 18.7. The van der Waals surface area contributed by atoms with Gasteiger partial charge in [-0.2, -0.15) is 0 Å². The SMILES string of the molecule is CCCCCCCCCCCCCCC(=O)O[C@H](COC(=O)CCCCCCCCCCC)COP(=O)(O)OC[C@H](O)COP(=O)(O)OC[C@@H](COC(=O)CCCCCCCCCCCCCCCCC(C)C)OC(=O)CCCCCCCCCCCCCCCCCCCCC(C)C. The minimum Gasteiger partial charge on any atom is -0.462 e.